The topological polar surface area (TPSA) is 26.3 Å². The van der Waals surface area contributed by atoms with Gasteiger partial charge >= 0.3 is 0 Å². The van der Waals surface area contributed by atoms with Crippen molar-refractivity contribution in [3.05, 3.63) is 35.9 Å². The first-order valence-corrected chi connectivity index (χ1v) is 6.23. The van der Waals surface area contributed by atoms with E-state index in [9.17, 15) is 4.79 Å². The van der Waals surface area contributed by atoms with Crippen LogP contribution in [0.25, 0.3) is 6.08 Å². The number of alkyl halides is 1. The molecule has 0 aliphatic carbocycles. The summed E-state index contributed by atoms with van der Waals surface area (Å²) in [6, 6.07) is 7.62. The average Bonchev–Trinajstić information content (AvgIpc) is 2.37. The number of hydrogen-bond acceptors (Lipinski definition) is 2. The Morgan fingerprint density at radius 3 is 2.94 bits per heavy atom. The second kappa shape index (κ2) is 8.82. The zero-order valence-electron chi connectivity index (χ0n) is 9.69. The Labute approximate surface area is 107 Å². The van der Waals surface area contributed by atoms with Gasteiger partial charge in [0.05, 0.1) is 6.61 Å². The summed E-state index contributed by atoms with van der Waals surface area (Å²) in [4.78, 5) is 10.1. The summed E-state index contributed by atoms with van der Waals surface area (Å²) in [5.41, 5.74) is 0.937. The van der Waals surface area contributed by atoms with E-state index in [1.807, 2.05) is 24.3 Å². The van der Waals surface area contributed by atoms with Gasteiger partial charge in [-0.3, -0.25) is 4.79 Å². The number of allylic oxidation sites excluding steroid dienone is 1. The molecule has 0 amide bonds. The molecule has 0 aromatic heterocycles. The molecule has 0 spiro atoms. The highest BCUT2D eigenvalue weighted by molar-refractivity contribution is 6.17. The maximum absolute atomic E-state index is 10.1. The predicted molar refractivity (Wildman–Crippen MR) is 71.2 cm³/mol. The van der Waals surface area contributed by atoms with Gasteiger partial charge in [-0.15, -0.1) is 11.6 Å². The van der Waals surface area contributed by atoms with Crippen molar-refractivity contribution < 1.29 is 9.53 Å². The molecule has 0 saturated carbocycles. The van der Waals surface area contributed by atoms with Gasteiger partial charge in [0.15, 0.2) is 0 Å². The molecule has 2 nitrogen and oxygen atoms in total. The highest BCUT2D eigenvalue weighted by atomic mass is 35.5. The Hall–Kier alpha value is -1.28. The van der Waals surface area contributed by atoms with Crippen LogP contribution in [0.4, 0.5) is 0 Å². The first kappa shape index (κ1) is 13.8. The van der Waals surface area contributed by atoms with Gasteiger partial charge in [0.1, 0.15) is 5.75 Å². The normalized spacial score (nSPS) is 10.6. The third-order valence-corrected chi connectivity index (χ3v) is 2.52. The van der Waals surface area contributed by atoms with Crippen LogP contribution in [0, 0.1) is 0 Å². The predicted octanol–water partition coefficient (Wildman–Crippen LogP) is 3.60. The highest BCUT2D eigenvalue weighted by Crippen LogP contribution is 2.14. The van der Waals surface area contributed by atoms with Gasteiger partial charge in [0.25, 0.3) is 0 Å². The highest BCUT2D eigenvalue weighted by Gasteiger charge is 1.95. The Bertz CT molecular complexity index is 361. The van der Waals surface area contributed by atoms with Crippen LogP contribution >= 0.6 is 11.6 Å². The van der Waals surface area contributed by atoms with E-state index in [1.165, 1.54) is 6.08 Å². The Morgan fingerprint density at radius 2 is 2.18 bits per heavy atom. The van der Waals surface area contributed by atoms with Crippen molar-refractivity contribution in [1.29, 1.82) is 0 Å². The van der Waals surface area contributed by atoms with Crippen molar-refractivity contribution in [3.8, 4) is 5.75 Å². The maximum atomic E-state index is 10.1. The van der Waals surface area contributed by atoms with E-state index in [0.717, 1.165) is 30.6 Å². The van der Waals surface area contributed by atoms with Crippen LogP contribution in [0.15, 0.2) is 30.3 Å². The van der Waals surface area contributed by atoms with Gasteiger partial charge < -0.3 is 4.74 Å². The number of rotatable bonds is 8. The van der Waals surface area contributed by atoms with Crippen LogP contribution in [-0.4, -0.2) is 18.8 Å². The van der Waals surface area contributed by atoms with Gasteiger partial charge in [-0.25, -0.2) is 0 Å². The first-order valence-electron chi connectivity index (χ1n) is 5.70. The fraction of sp³-hybridized carbons (Fsp3) is 0.357. The Morgan fingerprint density at radius 1 is 1.29 bits per heavy atom. The van der Waals surface area contributed by atoms with E-state index in [-0.39, 0.29) is 0 Å². The lowest BCUT2D eigenvalue weighted by Gasteiger charge is -2.06. The number of unbranched alkanes of at least 4 members (excludes halogenated alkanes) is 2. The molecule has 0 N–H and O–H groups in total. The number of hydrogen-bond donors (Lipinski definition) is 0. The first-order chi connectivity index (χ1) is 8.36. The molecule has 91 valence electrons. The van der Waals surface area contributed by atoms with Gasteiger partial charge in [-0.1, -0.05) is 18.2 Å². The van der Waals surface area contributed by atoms with Crippen LogP contribution in [0.5, 0.6) is 5.75 Å². The molecular weight excluding hydrogens is 236 g/mol. The summed E-state index contributed by atoms with van der Waals surface area (Å²) >= 11 is 5.59. The summed E-state index contributed by atoms with van der Waals surface area (Å²) in [5, 5.41) is 0. The molecule has 1 aromatic carbocycles. The van der Waals surface area contributed by atoms with E-state index in [4.69, 9.17) is 16.3 Å². The molecule has 0 atom stereocenters. The average molecular weight is 252 g/mol. The minimum absolute atomic E-state index is 0.698. The van der Waals surface area contributed by atoms with Crippen molar-refractivity contribution >= 4 is 24.0 Å². The third kappa shape index (κ3) is 6.12. The number of ether oxygens (including phenoxy) is 1. The van der Waals surface area contributed by atoms with E-state index in [1.54, 1.807) is 12.4 Å². The molecule has 0 bridgehead atoms. The van der Waals surface area contributed by atoms with Crippen LogP contribution in [-0.2, 0) is 4.79 Å². The van der Waals surface area contributed by atoms with Crippen molar-refractivity contribution in [2.75, 3.05) is 12.5 Å². The maximum Gasteiger partial charge on any atom is 0.225 e. The van der Waals surface area contributed by atoms with E-state index in [0.29, 0.717) is 12.5 Å². The second-order valence-corrected chi connectivity index (χ2v) is 4.00. The Balaban J connectivity index is 2.37. The molecule has 0 heterocycles. The van der Waals surface area contributed by atoms with Crippen LogP contribution < -0.4 is 4.74 Å². The summed E-state index contributed by atoms with van der Waals surface area (Å²) in [7, 11) is 0. The lowest BCUT2D eigenvalue weighted by Crippen LogP contribution is -1.97. The quantitative estimate of drug-likeness (QED) is 0.401. The fourth-order valence-corrected chi connectivity index (χ4v) is 1.59. The molecular formula is C14H16ClO2. The van der Waals surface area contributed by atoms with E-state index in [2.05, 4.69) is 0 Å². The summed E-state index contributed by atoms with van der Waals surface area (Å²) < 4.78 is 5.60. The lowest BCUT2D eigenvalue weighted by atomic mass is 10.2. The zero-order chi connectivity index (χ0) is 12.3. The van der Waals surface area contributed by atoms with E-state index < -0.39 is 0 Å². The van der Waals surface area contributed by atoms with Crippen LogP contribution in [0.3, 0.4) is 0 Å². The van der Waals surface area contributed by atoms with Crippen molar-refractivity contribution in [1.82, 2.24) is 0 Å². The van der Waals surface area contributed by atoms with Crippen LogP contribution in [0.2, 0.25) is 0 Å². The molecule has 0 unspecified atom stereocenters. The monoisotopic (exact) mass is 251 g/mol. The van der Waals surface area contributed by atoms with Gasteiger partial charge in [-0.05, 0) is 43.0 Å². The van der Waals surface area contributed by atoms with Crippen molar-refractivity contribution in [2.24, 2.45) is 0 Å². The minimum atomic E-state index is 0.698. The fourth-order valence-electron chi connectivity index (χ4n) is 1.40. The molecule has 1 rings (SSSR count). The standard InChI is InChI=1S/C14H16ClO2/c15-9-2-1-3-11-17-14-8-4-6-13(12-14)7-5-10-16/h4-8,12H,1-3,9,11H2/b7-5+. The number of benzene rings is 1. The minimum Gasteiger partial charge on any atom is -0.494 e. The molecule has 17 heavy (non-hydrogen) atoms. The third-order valence-electron chi connectivity index (χ3n) is 2.25. The molecule has 1 aromatic rings. The van der Waals surface area contributed by atoms with E-state index >= 15 is 0 Å². The van der Waals surface area contributed by atoms with Crippen LogP contribution in [0.1, 0.15) is 24.8 Å². The van der Waals surface area contributed by atoms with Gasteiger partial charge in [0, 0.05) is 5.88 Å². The summed E-state index contributed by atoms with van der Waals surface area (Å²) in [6.45, 7) is 0.698. The van der Waals surface area contributed by atoms with Gasteiger partial charge in [-0.2, -0.15) is 0 Å². The summed E-state index contributed by atoms with van der Waals surface area (Å²) in [6.07, 6.45) is 7.89. The molecule has 0 aliphatic heterocycles. The SMILES string of the molecule is O=[C]/C=C/c1cccc(OCCCCCCl)c1. The summed E-state index contributed by atoms with van der Waals surface area (Å²) in [5.74, 6) is 1.53. The molecule has 3 heteroatoms. The van der Waals surface area contributed by atoms with Crippen molar-refractivity contribution in [2.45, 2.75) is 19.3 Å². The lowest BCUT2D eigenvalue weighted by molar-refractivity contribution is 0.306. The Kier molecular flexibility index (Phi) is 7.15. The van der Waals surface area contributed by atoms with Gasteiger partial charge in [0.2, 0.25) is 6.29 Å². The largest absolute Gasteiger partial charge is 0.494 e. The number of halogens is 1. The second-order valence-electron chi connectivity index (χ2n) is 3.62. The van der Waals surface area contributed by atoms with Crippen molar-refractivity contribution in [3.63, 3.8) is 0 Å². The smallest absolute Gasteiger partial charge is 0.225 e. The molecule has 0 fully saturated rings. The molecule has 0 aliphatic rings. The molecule has 0 saturated heterocycles. The number of carbonyl (C=O) groups excluding carboxylic acids is 1. The molecule has 1 radical (unpaired) electrons. The zero-order valence-corrected chi connectivity index (χ0v) is 10.5.